The van der Waals surface area contributed by atoms with Crippen molar-refractivity contribution in [1.82, 2.24) is 5.32 Å². The Morgan fingerprint density at radius 2 is 2.00 bits per heavy atom. The van der Waals surface area contributed by atoms with Gasteiger partial charge in [0.15, 0.2) is 0 Å². The number of carboxylic acids is 1. The van der Waals surface area contributed by atoms with E-state index in [0.29, 0.717) is 0 Å². The highest BCUT2D eigenvalue weighted by atomic mass is 35.5. The molecule has 5 N–H and O–H groups in total. The molecule has 1 aromatic rings. The van der Waals surface area contributed by atoms with Crippen LogP contribution >= 0.6 is 11.6 Å². The first-order valence-electron chi connectivity index (χ1n) is 5.27. The normalized spacial score (nSPS) is 10.9. The molecule has 0 fully saturated rings. The van der Waals surface area contributed by atoms with E-state index in [1.165, 1.54) is 18.2 Å². The highest BCUT2D eigenvalue weighted by Gasteiger charge is 2.13. The Morgan fingerprint density at radius 1 is 1.35 bits per heavy atom. The van der Waals surface area contributed by atoms with Gasteiger partial charge in [-0.15, -0.1) is 0 Å². The molecule has 2 amide bonds. The molecule has 0 aliphatic rings. The molecule has 10 heteroatoms. The van der Waals surface area contributed by atoms with Crippen molar-refractivity contribution < 1.29 is 23.1 Å². The van der Waals surface area contributed by atoms with Gasteiger partial charge in [0.1, 0.15) is 0 Å². The minimum Gasteiger partial charge on any atom is -0.478 e. The van der Waals surface area contributed by atoms with E-state index < -0.39 is 27.8 Å². The second-order valence-electron chi connectivity index (χ2n) is 3.74. The number of anilines is 1. The summed E-state index contributed by atoms with van der Waals surface area (Å²) >= 11 is 5.71. The molecule has 0 spiro atoms. The fourth-order valence-corrected chi connectivity index (χ4v) is 1.84. The van der Waals surface area contributed by atoms with Gasteiger partial charge in [-0.05, 0) is 18.2 Å². The number of benzene rings is 1. The molecule has 0 aliphatic heterocycles. The Balaban J connectivity index is 2.70. The van der Waals surface area contributed by atoms with Gasteiger partial charge in [0.25, 0.3) is 0 Å². The topological polar surface area (TPSA) is 139 Å². The number of carbonyl (C=O) groups is 2. The van der Waals surface area contributed by atoms with Crippen molar-refractivity contribution in [2.75, 3.05) is 17.6 Å². The van der Waals surface area contributed by atoms with Gasteiger partial charge in [-0.1, -0.05) is 11.6 Å². The Hall–Kier alpha value is -1.84. The number of nitrogens with two attached hydrogens (primary N) is 1. The van der Waals surface area contributed by atoms with Crippen LogP contribution in [0.5, 0.6) is 0 Å². The van der Waals surface area contributed by atoms with Crippen LogP contribution in [0.4, 0.5) is 10.5 Å². The first-order valence-corrected chi connectivity index (χ1v) is 7.36. The number of nitrogens with one attached hydrogen (secondary N) is 2. The standard InChI is InChI=1S/C10H12ClN3O5S/c11-6-1-2-7(9(15)16)8(5-6)14-10(17)13-3-4-20(12,18)19/h1-2,5H,3-4H2,(H,15,16)(H2,12,18,19)(H2,13,14,17). The summed E-state index contributed by atoms with van der Waals surface area (Å²) in [6.45, 7) is -0.201. The third kappa shape index (κ3) is 5.43. The quantitative estimate of drug-likeness (QED) is 0.623. The molecule has 0 radical (unpaired) electrons. The second kappa shape index (κ2) is 6.55. The minimum atomic E-state index is -3.68. The molecule has 1 rings (SSSR count). The third-order valence-corrected chi connectivity index (χ3v) is 3.14. The third-order valence-electron chi connectivity index (χ3n) is 2.13. The first kappa shape index (κ1) is 16.2. The monoisotopic (exact) mass is 321 g/mol. The maximum atomic E-state index is 11.5. The summed E-state index contributed by atoms with van der Waals surface area (Å²) in [6, 6.07) is 3.11. The van der Waals surface area contributed by atoms with E-state index in [1.807, 2.05) is 0 Å². The molecule has 0 bridgehead atoms. The number of carbonyl (C=O) groups excluding carboxylic acids is 1. The zero-order chi connectivity index (χ0) is 15.3. The van der Waals surface area contributed by atoms with Crippen LogP contribution in [0.15, 0.2) is 18.2 Å². The molecule has 0 aliphatic carbocycles. The van der Waals surface area contributed by atoms with Crippen LogP contribution in [0.1, 0.15) is 10.4 Å². The molecular weight excluding hydrogens is 310 g/mol. The molecule has 8 nitrogen and oxygen atoms in total. The van der Waals surface area contributed by atoms with Crippen LogP contribution in [0, 0.1) is 0 Å². The van der Waals surface area contributed by atoms with Crippen LogP contribution in [0.3, 0.4) is 0 Å². The summed E-state index contributed by atoms with van der Waals surface area (Å²) < 4.78 is 21.3. The van der Waals surface area contributed by atoms with Crippen molar-refractivity contribution in [2.24, 2.45) is 5.14 Å². The fourth-order valence-electron chi connectivity index (χ4n) is 1.28. The van der Waals surface area contributed by atoms with Gasteiger partial charge < -0.3 is 15.7 Å². The summed E-state index contributed by atoms with van der Waals surface area (Å²) in [7, 11) is -3.68. The van der Waals surface area contributed by atoms with Crippen LogP contribution in [-0.4, -0.2) is 37.8 Å². The number of rotatable bonds is 5. The van der Waals surface area contributed by atoms with Crippen molar-refractivity contribution in [1.29, 1.82) is 0 Å². The highest BCUT2D eigenvalue weighted by Crippen LogP contribution is 2.21. The molecule has 0 heterocycles. The smallest absolute Gasteiger partial charge is 0.337 e. The van der Waals surface area contributed by atoms with E-state index in [9.17, 15) is 18.0 Å². The van der Waals surface area contributed by atoms with Gasteiger partial charge in [-0.2, -0.15) is 0 Å². The molecule has 0 unspecified atom stereocenters. The number of sulfonamides is 1. The van der Waals surface area contributed by atoms with E-state index in [2.05, 4.69) is 10.6 Å². The van der Waals surface area contributed by atoms with E-state index >= 15 is 0 Å². The predicted molar refractivity (Wildman–Crippen MR) is 73.4 cm³/mol. The van der Waals surface area contributed by atoms with Gasteiger partial charge in [0.05, 0.1) is 17.0 Å². The van der Waals surface area contributed by atoms with E-state index in [-0.39, 0.29) is 22.8 Å². The maximum Gasteiger partial charge on any atom is 0.337 e. The lowest BCUT2D eigenvalue weighted by atomic mass is 10.2. The molecule has 110 valence electrons. The number of aromatic carboxylic acids is 1. The SMILES string of the molecule is NS(=O)(=O)CCNC(=O)Nc1cc(Cl)ccc1C(=O)O. The highest BCUT2D eigenvalue weighted by molar-refractivity contribution is 7.89. The Bertz CT molecular complexity index is 632. The van der Waals surface area contributed by atoms with Crippen LogP contribution in [0.2, 0.25) is 5.02 Å². The molecular formula is C10H12ClN3O5S. The van der Waals surface area contributed by atoms with Gasteiger partial charge in [0.2, 0.25) is 10.0 Å². The number of amides is 2. The summed E-state index contributed by atoms with van der Waals surface area (Å²) in [5.41, 5.74) is -0.144. The summed E-state index contributed by atoms with van der Waals surface area (Å²) in [5, 5.41) is 18.4. The first-order chi connectivity index (χ1) is 9.19. The van der Waals surface area contributed by atoms with E-state index in [0.717, 1.165) is 0 Å². The van der Waals surface area contributed by atoms with Gasteiger partial charge in [0, 0.05) is 11.6 Å². The molecule has 0 atom stereocenters. The van der Waals surface area contributed by atoms with Crippen molar-refractivity contribution in [3.63, 3.8) is 0 Å². The summed E-state index contributed by atoms with van der Waals surface area (Å²) in [5.74, 6) is -1.66. The lowest BCUT2D eigenvalue weighted by Crippen LogP contribution is -2.34. The largest absolute Gasteiger partial charge is 0.478 e. The zero-order valence-corrected chi connectivity index (χ0v) is 11.7. The van der Waals surface area contributed by atoms with Crippen LogP contribution in [0.25, 0.3) is 0 Å². The maximum absolute atomic E-state index is 11.5. The van der Waals surface area contributed by atoms with E-state index in [1.54, 1.807) is 0 Å². The van der Waals surface area contributed by atoms with E-state index in [4.69, 9.17) is 21.8 Å². The van der Waals surface area contributed by atoms with Crippen molar-refractivity contribution >= 4 is 39.3 Å². The van der Waals surface area contributed by atoms with Gasteiger partial charge in [-0.3, -0.25) is 0 Å². The zero-order valence-electron chi connectivity index (χ0n) is 10.1. The van der Waals surface area contributed by atoms with Crippen molar-refractivity contribution in [3.05, 3.63) is 28.8 Å². The molecule has 0 saturated carbocycles. The molecule has 0 aromatic heterocycles. The number of primary sulfonamides is 1. The number of hydrogen-bond acceptors (Lipinski definition) is 4. The molecule has 20 heavy (non-hydrogen) atoms. The molecule has 0 saturated heterocycles. The lowest BCUT2D eigenvalue weighted by molar-refractivity contribution is 0.0698. The number of halogens is 1. The van der Waals surface area contributed by atoms with Crippen LogP contribution in [-0.2, 0) is 10.0 Å². The summed E-state index contributed by atoms with van der Waals surface area (Å²) in [4.78, 5) is 22.4. The predicted octanol–water partition coefficient (Wildman–Crippen LogP) is 0.448. The lowest BCUT2D eigenvalue weighted by Gasteiger charge is -2.10. The Morgan fingerprint density at radius 3 is 2.55 bits per heavy atom. The molecule has 1 aromatic carbocycles. The van der Waals surface area contributed by atoms with Crippen molar-refractivity contribution in [3.8, 4) is 0 Å². The fraction of sp³-hybridized carbons (Fsp3) is 0.200. The number of urea groups is 1. The minimum absolute atomic E-state index is 0.00175. The van der Waals surface area contributed by atoms with Crippen molar-refractivity contribution in [2.45, 2.75) is 0 Å². The second-order valence-corrected chi connectivity index (χ2v) is 5.91. The Labute approximate surface area is 120 Å². The number of carboxylic acid groups (broad SMARTS) is 1. The average molecular weight is 322 g/mol. The van der Waals surface area contributed by atoms with Crippen LogP contribution < -0.4 is 15.8 Å². The average Bonchev–Trinajstić information content (AvgIpc) is 2.26. The van der Waals surface area contributed by atoms with Gasteiger partial charge in [-0.25, -0.2) is 23.1 Å². The summed E-state index contributed by atoms with van der Waals surface area (Å²) in [6.07, 6.45) is 0. The number of hydrogen-bond donors (Lipinski definition) is 4. The van der Waals surface area contributed by atoms with Gasteiger partial charge >= 0.3 is 12.0 Å². The Kier molecular flexibility index (Phi) is 5.31.